The number of rotatable bonds is 4. The zero-order chi connectivity index (χ0) is 13.8. The fraction of sp³-hybridized carbons (Fsp3) is 0.500. The molecule has 2 N–H and O–H groups in total. The number of nitrogens with zero attached hydrogens (tertiary/aromatic N) is 1. The number of phenolic OH excluding ortho intramolecular Hbond substituents is 1. The molecule has 0 spiro atoms. The molecule has 0 bridgehead atoms. The van der Waals surface area contributed by atoms with Crippen molar-refractivity contribution >= 4 is 17.5 Å². The maximum atomic E-state index is 12.0. The van der Waals surface area contributed by atoms with E-state index in [4.69, 9.17) is 11.6 Å². The van der Waals surface area contributed by atoms with E-state index in [0.29, 0.717) is 23.2 Å². The van der Waals surface area contributed by atoms with Crippen LogP contribution in [0.25, 0.3) is 0 Å². The first-order chi connectivity index (χ1) is 9.08. The maximum Gasteiger partial charge on any atom is 0.252 e. The molecule has 1 unspecified atom stereocenters. The molecular weight excluding hydrogens is 264 g/mol. The lowest BCUT2D eigenvalue weighted by atomic mass is 10.2. The van der Waals surface area contributed by atoms with Crippen LogP contribution in [0.15, 0.2) is 18.2 Å². The second-order valence-electron chi connectivity index (χ2n) is 4.97. The quantitative estimate of drug-likeness (QED) is 0.891. The summed E-state index contributed by atoms with van der Waals surface area (Å²) in [6.07, 6.45) is 2.47. The first-order valence-corrected chi connectivity index (χ1v) is 6.96. The van der Waals surface area contributed by atoms with Gasteiger partial charge in [-0.3, -0.25) is 9.69 Å². The van der Waals surface area contributed by atoms with Gasteiger partial charge in [0.1, 0.15) is 5.75 Å². The molecule has 0 aromatic heterocycles. The molecule has 5 heteroatoms. The number of hydrogen-bond donors (Lipinski definition) is 2. The monoisotopic (exact) mass is 282 g/mol. The predicted octanol–water partition coefficient (Wildman–Crippen LogP) is 2.26. The number of halogens is 1. The van der Waals surface area contributed by atoms with Crippen LogP contribution in [0.3, 0.4) is 0 Å². The molecule has 1 fully saturated rings. The number of hydrogen-bond acceptors (Lipinski definition) is 3. The summed E-state index contributed by atoms with van der Waals surface area (Å²) >= 11 is 5.95. The van der Waals surface area contributed by atoms with Crippen LogP contribution in [-0.2, 0) is 0 Å². The summed E-state index contributed by atoms with van der Waals surface area (Å²) in [4.78, 5) is 14.4. The Kier molecular flexibility index (Phi) is 4.66. The second-order valence-corrected chi connectivity index (χ2v) is 5.37. The van der Waals surface area contributed by atoms with Gasteiger partial charge in [0, 0.05) is 12.6 Å². The van der Waals surface area contributed by atoms with Crippen LogP contribution in [0, 0.1) is 0 Å². The number of carbonyl (C=O) groups excluding carboxylic acids is 1. The van der Waals surface area contributed by atoms with Crippen LogP contribution in [0.2, 0.25) is 5.02 Å². The molecule has 1 aliphatic rings. The Balaban J connectivity index is 1.91. The van der Waals surface area contributed by atoms with Crippen LogP contribution < -0.4 is 5.32 Å². The number of carbonyl (C=O) groups is 1. The van der Waals surface area contributed by atoms with E-state index >= 15 is 0 Å². The minimum absolute atomic E-state index is 0.0436. The molecule has 0 aliphatic carbocycles. The topological polar surface area (TPSA) is 52.6 Å². The van der Waals surface area contributed by atoms with Crippen LogP contribution >= 0.6 is 11.6 Å². The van der Waals surface area contributed by atoms with Crippen LogP contribution in [-0.4, -0.2) is 41.6 Å². The van der Waals surface area contributed by atoms with Crippen molar-refractivity contribution in [3.8, 4) is 5.75 Å². The van der Waals surface area contributed by atoms with Gasteiger partial charge >= 0.3 is 0 Å². The SMILES string of the molecule is CC(CNC(=O)c1cc(O)ccc1Cl)N1CCCC1. The molecule has 1 saturated heterocycles. The van der Waals surface area contributed by atoms with Crippen LogP contribution in [0.4, 0.5) is 0 Å². The van der Waals surface area contributed by atoms with Crippen LogP contribution in [0.5, 0.6) is 5.75 Å². The normalized spacial score (nSPS) is 17.4. The average molecular weight is 283 g/mol. The molecule has 1 aromatic rings. The van der Waals surface area contributed by atoms with Crippen molar-refractivity contribution in [2.45, 2.75) is 25.8 Å². The fourth-order valence-electron chi connectivity index (χ4n) is 2.33. The number of nitrogens with one attached hydrogen (secondary N) is 1. The highest BCUT2D eigenvalue weighted by Crippen LogP contribution is 2.21. The summed E-state index contributed by atoms with van der Waals surface area (Å²) in [7, 11) is 0. The van der Waals surface area contributed by atoms with E-state index in [2.05, 4.69) is 17.1 Å². The summed E-state index contributed by atoms with van der Waals surface area (Å²) in [6.45, 7) is 4.90. The van der Waals surface area contributed by atoms with Gasteiger partial charge in [-0.1, -0.05) is 11.6 Å². The summed E-state index contributed by atoms with van der Waals surface area (Å²) in [5, 5.41) is 12.6. The van der Waals surface area contributed by atoms with Gasteiger partial charge in [-0.2, -0.15) is 0 Å². The van der Waals surface area contributed by atoms with Crippen molar-refractivity contribution in [3.63, 3.8) is 0 Å². The van der Waals surface area contributed by atoms with Crippen molar-refractivity contribution in [3.05, 3.63) is 28.8 Å². The van der Waals surface area contributed by atoms with Gasteiger partial charge in [0.25, 0.3) is 5.91 Å². The molecule has 2 rings (SSSR count). The van der Waals surface area contributed by atoms with E-state index in [0.717, 1.165) is 13.1 Å². The molecule has 1 amide bonds. The van der Waals surface area contributed by atoms with Crippen LogP contribution in [0.1, 0.15) is 30.1 Å². The molecule has 1 aliphatic heterocycles. The maximum absolute atomic E-state index is 12.0. The number of benzene rings is 1. The van der Waals surface area contributed by atoms with E-state index in [1.165, 1.54) is 31.0 Å². The molecule has 19 heavy (non-hydrogen) atoms. The van der Waals surface area contributed by atoms with Gasteiger partial charge in [0.2, 0.25) is 0 Å². The summed E-state index contributed by atoms with van der Waals surface area (Å²) in [5.74, 6) is -0.200. The second kappa shape index (κ2) is 6.26. The minimum atomic E-state index is -0.244. The van der Waals surface area contributed by atoms with Crippen molar-refractivity contribution in [2.75, 3.05) is 19.6 Å². The third kappa shape index (κ3) is 3.61. The highest BCUT2D eigenvalue weighted by Gasteiger charge is 2.19. The number of amides is 1. The van der Waals surface area contributed by atoms with Gasteiger partial charge in [-0.25, -0.2) is 0 Å². The first-order valence-electron chi connectivity index (χ1n) is 6.58. The van der Waals surface area contributed by atoms with E-state index in [9.17, 15) is 9.90 Å². The van der Waals surface area contributed by atoms with E-state index in [-0.39, 0.29) is 11.7 Å². The molecular formula is C14H19ClN2O2. The Morgan fingerprint density at radius 1 is 1.47 bits per heavy atom. The molecule has 1 heterocycles. The lowest BCUT2D eigenvalue weighted by Crippen LogP contribution is -2.40. The number of aromatic hydroxyl groups is 1. The van der Waals surface area contributed by atoms with E-state index < -0.39 is 0 Å². The summed E-state index contributed by atoms with van der Waals surface area (Å²) < 4.78 is 0. The minimum Gasteiger partial charge on any atom is -0.508 e. The molecule has 0 saturated carbocycles. The highest BCUT2D eigenvalue weighted by molar-refractivity contribution is 6.33. The molecule has 104 valence electrons. The Hall–Kier alpha value is -1.26. The summed E-state index contributed by atoms with van der Waals surface area (Å²) in [5.41, 5.74) is 0.315. The predicted molar refractivity (Wildman–Crippen MR) is 75.7 cm³/mol. The molecule has 4 nitrogen and oxygen atoms in total. The van der Waals surface area contributed by atoms with Gasteiger partial charge in [0.15, 0.2) is 0 Å². The van der Waals surface area contributed by atoms with Gasteiger partial charge in [-0.05, 0) is 51.1 Å². The zero-order valence-electron chi connectivity index (χ0n) is 11.0. The van der Waals surface area contributed by atoms with Crippen molar-refractivity contribution in [1.82, 2.24) is 10.2 Å². The molecule has 1 atom stereocenters. The Labute approximate surface area is 118 Å². The largest absolute Gasteiger partial charge is 0.508 e. The third-order valence-electron chi connectivity index (χ3n) is 3.52. The molecule has 1 aromatic carbocycles. The van der Waals surface area contributed by atoms with Gasteiger partial charge in [-0.15, -0.1) is 0 Å². The third-order valence-corrected chi connectivity index (χ3v) is 3.85. The van der Waals surface area contributed by atoms with E-state index in [1.54, 1.807) is 0 Å². The Bertz CT molecular complexity index is 459. The Morgan fingerprint density at radius 2 is 2.16 bits per heavy atom. The summed E-state index contributed by atoms with van der Waals surface area (Å²) in [6, 6.07) is 4.70. The van der Waals surface area contributed by atoms with E-state index in [1.807, 2.05) is 0 Å². The van der Waals surface area contributed by atoms with Crippen molar-refractivity contribution in [1.29, 1.82) is 0 Å². The number of phenols is 1. The smallest absolute Gasteiger partial charge is 0.252 e. The van der Waals surface area contributed by atoms with Crippen molar-refractivity contribution < 1.29 is 9.90 Å². The first kappa shape index (κ1) is 14.2. The fourth-order valence-corrected chi connectivity index (χ4v) is 2.54. The lowest BCUT2D eigenvalue weighted by Gasteiger charge is -2.23. The van der Waals surface area contributed by atoms with Crippen molar-refractivity contribution in [2.24, 2.45) is 0 Å². The number of likely N-dealkylation sites (tertiary alicyclic amines) is 1. The average Bonchev–Trinajstić information content (AvgIpc) is 2.92. The lowest BCUT2D eigenvalue weighted by molar-refractivity contribution is 0.0940. The standard InChI is InChI=1S/C14H19ClN2O2/c1-10(17-6-2-3-7-17)9-16-14(19)12-8-11(18)4-5-13(12)15/h4-5,8,10,18H,2-3,6-7,9H2,1H3,(H,16,19). The zero-order valence-corrected chi connectivity index (χ0v) is 11.8. The molecule has 0 radical (unpaired) electrons. The Morgan fingerprint density at radius 3 is 2.84 bits per heavy atom. The highest BCUT2D eigenvalue weighted by atomic mass is 35.5. The van der Waals surface area contributed by atoms with Gasteiger partial charge < -0.3 is 10.4 Å². The van der Waals surface area contributed by atoms with Gasteiger partial charge in [0.05, 0.1) is 10.6 Å².